The molecule has 23 heavy (non-hydrogen) atoms. The second-order valence-corrected chi connectivity index (χ2v) is 5.93. The van der Waals surface area contributed by atoms with E-state index < -0.39 is 6.61 Å². The lowest BCUT2D eigenvalue weighted by molar-refractivity contribution is -0.0512. The molecule has 0 unspecified atom stereocenters. The standard InChI is InChI=1S/C16H17F2NO3S/c1-10-6-7-23-14(10)9-19(2)15(20)11-4-5-12(22-16(17)18)13(8-11)21-3/h4-8,16H,9H2,1-3H3. The van der Waals surface area contributed by atoms with Crippen LogP contribution in [0.25, 0.3) is 0 Å². The number of thiophene rings is 1. The molecule has 7 heteroatoms. The average Bonchev–Trinajstić information content (AvgIpc) is 2.91. The van der Waals surface area contributed by atoms with Crippen molar-refractivity contribution in [1.29, 1.82) is 0 Å². The number of hydrogen-bond acceptors (Lipinski definition) is 4. The molecule has 0 aliphatic heterocycles. The molecule has 1 heterocycles. The molecule has 1 aromatic heterocycles. The number of halogens is 2. The van der Waals surface area contributed by atoms with E-state index in [9.17, 15) is 13.6 Å². The summed E-state index contributed by atoms with van der Waals surface area (Å²) >= 11 is 1.59. The van der Waals surface area contributed by atoms with Gasteiger partial charge in [-0.3, -0.25) is 4.79 Å². The van der Waals surface area contributed by atoms with Crippen molar-refractivity contribution in [1.82, 2.24) is 4.90 Å². The van der Waals surface area contributed by atoms with E-state index in [1.165, 1.54) is 25.3 Å². The topological polar surface area (TPSA) is 38.8 Å². The van der Waals surface area contributed by atoms with Gasteiger partial charge in [0.25, 0.3) is 5.91 Å². The summed E-state index contributed by atoms with van der Waals surface area (Å²) < 4.78 is 34.0. The second kappa shape index (κ2) is 7.41. The lowest BCUT2D eigenvalue weighted by atomic mass is 10.1. The Bertz CT molecular complexity index is 688. The molecule has 0 N–H and O–H groups in total. The molecule has 0 spiro atoms. The maximum atomic E-state index is 12.5. The van der Waals surface area contributed by atoms with E-state index >= 15 is 0 Å². The Kier molecular flexibility index (Phi) is 5.54. The Morgan fingerprint density at radius 2 is 2.04 bits per heavy atom. The molecule has 0 saturated heterocycles. The van der Waals surface area contributed by atoms with Crippen LogP contribution in [0, 0.1) is 6.92 Å². The first-order valence-corrected chi connectivity index (χ1v) is 7.71. The third-order valence-electron chi connectivity index (χ3n) is 3.32. The van der Waals surface area contributed by atoms with Gasteiger partial charge < -0.3 is 14.4 Å². The van der Waals surface area contributed by atoms with Crippen molar-refractivity contribution in [3.63, 3.8) is 0 Å². The second-order valence-electron chi connectivity index (χ2n) is 4.93. The Hall–Kier alpha value is -2.15. The quantitative estimate of drug-likeness (QED) is 0.799. The van der Waals surface area contributed by atoms with Gasteiger partial charge in [0.2, 0.25) is 0 Å². The molecule has 0 saturated carbocycles. The lowest BCUT2D eigenvalue weighted by Crippen LogP contribution is -2.26. The molecule has 0 aliphatic carbocycles. The Morgan fingerprint density at radius 3 is 2.61 bits per heavy atom. The fraction of sp³-hybridized carbons (Fsp3) is 0.312. The van der Waals surface area contributed by atoms with E-state index in [-0.39, 0.29) is 17.4 Å². The van der Waals surface area contributed by atoms with E-state index in [0.717, 1.165) is 10.4 Å². The number of benzene rings is 1. The highest BCUT2D eigenvalue weighted by Crippen LogP contribution is 2.30. The van der Waals surface area contributed by atoms with Crippen LogP contribution >= 0.6 is 11.3 Å². The summed E-state index contributed by atoms with van der Waals surface area (Å²) in [6.45, 7) is -0.473. The molecule has 4 nitrogen and oxygen atoms in total. The van der Waals surface area contributed by atoms with E-state index in [1.807, 2.05) is 18.4 Å². The van der Waals surface area contributed by atoms with Crippen LogP contribution in [0.15, 0.2) is 29.6 Å². The van der Waals surface area contributed by atoms with Gasteiger partial charge in [-0.05, 0) is 42.1 Å². The SMILES string of the molecule is COc1cc(C(=O)N(C)Cc2sccc2C)ccc1OC(F)F. The molecular formula is C16H17F2NO3S. The van der Waals surface area contributed by atoms with Crippen LogP contribution in [0.2, 0.25) is 0 Å². The van der Waals surface area contributed by atoms with Gasteiger partial charge in [-0.2, -0.15) is 8.78 Å². The molecule has 1 aromatic carbocycles. The number of ether oxygens (including phenoxy) is 2. The molecule has 1 amide bonds. The van der Waals surface area contributed by atoms with Crippen LogP contribution < -0.4 is 9.47 Å². The summed E-state index contributed by atoms with van der Waals surface area (Å²) in [5, 5.41) is 1.97. The van der Waals surface area contributed by atoms with E-state index in [4.69, 9.17) is 4.74 Å². The number of amides is 1. The third-order valence-corrected chi connectivity index (χ3v) is 4.33. The number of aryl methyl sites for hydroxylation is 1. The van der Waals surface area contributed by atoms with Gasteiger partial charge in [0, 0.05) is 17.5 Å². The van der Waals surface area contributed by atoms with Crippen LogP contribution in [0.3, 0.4) is 0 Å². The van der Waals surface area contributed by atoms with Crippen LogP contribution in [0.1, 0.15) is 20.8 Å². The van der Waals surface area contributed by atoms with Crippen LogP contribution in [-0.4, -0.2) is 31.6 Å². The first-order chi connectivity index (χ1) is 10.9. The normalized spacial score (nSPS) is 10.7. The number of alkyl halides is 2. The zero-order chi connectivity index (χ0) is 17.0. The van der Waals surface area contributed by atoms with E-state index in [0.29, 0.717) is 12.1 Å². The van der Waals surface area contributed by atoms with Crippen LogP contribution in [-0.2, 0) is 6.54 Å². The van der Waals surface area contributed by atoms with Crippen molar-refractivity contribution in [2.24, 2.45) is 0 Å². The van der Waals surface area contributed by atoms with Gasteiger partial charge in [-0.15, -0.1) is 11.3 Å². The van der Waals surface area contributed by atoms with Crippen molar-refractivity contribution < 1.29 is 23.0 Å². The van der Waals surface area contributed by atoms with Gasteiger partial charge in [-0.1, -0.05) is 0 Å². The van der Waals surface area contributed by atoms with Crippen molar-refractivity contribution in [2.45, 2.75) is 20.1 Å². The number of rotatable bonds is 6. The molecule has 0 radical (unpaired) electrons. The van der Waals surface area contributed by atoms with Crippen molar-refractivity contribution in [3.8, 4) is 11.5 Å². The lowest BCUT2D eigenvalue weighted by Gasteiger charge is -2.18. The highest BCUT2D eigenvalue weighted by molar-refractivity contribution is 7.10. The zero-order valence-corrected chi connectivity index (χ0v) is 13.8. The molecular weight excluding hydrogens is 324 g/mol. The minimum absolute atomic E-state index is 0.0943. The highest BCUT2D eigenvalue weighted by atomic mass is 32.1. The predicted molar refractivity (Wildman–Crippen MR) is 84.5 cm³/mol. The van der Waals surface area contributed by atoms with Crippen molar-refractivity contribution >= 4 is 17.2 Å². The first kappa shape index (κ1) is 17.2. The summed E-state index contributed by atoms with van der Waals surface area (Å²) in [5.74, 6) is -0.229. The van der Waals surface area contributed by atoms with Crippen LogP contribution in [0.4, 0.5) is 8.78 Å². The number of hydrogen-bond donors (Lipinski definition) is 0. The Labute approximate surface area is 137 Å². The predicted octanol–water partition coefficient (Wildman–Crippen LogP) is 3.94. The molecule has 0 aliphatic rings. The first-order valence-electron chi connectivity index (χ1n) is 6.83. The molecule has 0 bridgehead atoms. The monoisotopic (exact) mass is 341 g/mol. The van der Waals surface area contributed by atoms with Gasteiger partial charge in [0.15, 0.2) is 11.5 Å². The number of carbonyl (C=O) groups is 1. The maximum Gasteiger partial charge on any atom is 0.387 e. The third kappa shape index (κ3) is 4.19. The average molecular weight is 341 g/mol. The fourth-order valence-corrected chi connectivity index (χ4v) is 3.03. The molecule has 0 atom stereocenters. The van der Waals surface area contributed by atoms with Gasteiger partial charge in [0.1, 0.15) is 0 Å². The van der Waals surface area contributed by atoms with Crippen LogP contribution in [0.5, 0.6) is 11.5 Å². The number of carbonyl (C=O) groups excluding carboxylic acids is 1. The molecule has 0 fully saturated rings. The maximum absolute atomic E-state index is 12.5. The highest BCUT2D eigenvalue weighted by Gasteiger charge is 2.17. The van der Waals surface area contributed by atoms with E-state index in [1.54, 1.807) is 23.3 Å². The summed E-state index contributed by atoms with van der Waals surface area (Å²) in [7, 11) is 3.03. The Morgan fingerprint density at radius 1 is 1.30 bits per heavy atom. The summed E-state index contributed by atoms with van der Waals surface area (Å²) in [6, 6.07) is 6.15. The minimum Gasteiger partial charge on any atom is -0.493 e. The number of nitrogens with zero attached hydrogens (tertiary/aromatic N) is 1. The summed E-state index contributed by atoms with van der Waals surface area (Å²) in [4.78, 5) is 15.1. The molecule has 124 valence electrons. The van der Waals surface area contributed by atoms with Gasteiger partial charge >= 0.3 is 6.61 Å². The zero-order valence-electron chi connectivity index (χ0n) is 13.0. The fourth-order valence-electron chi connectivity index (χ4n) is 2.07. The molecule has 2 rings (SSSR count). The number of methoxy groups -OCH3 is 1. The van der Waals surface area contributed by atoms with Crippen molar-refractivity contribution in [2.75, 3.05) is 14.2 Å². The smallest absolute Gasteiger partial charge is 0.387 e. The summed E-state index contributed by atoms with van der Waals surface area (Å²) in [5.41, 5.74) is 1.48. The Balaban J connectivity index is 2.17. The van der Waals surface area contributed by atoms with Crippen molar-refractivity contribution in [3.05, 3.63) is 45.6 Å². The van der Waals surface area contributed by atoms with E-state index in [2.05, 4.69) is 4.74 Å². The van der Waals surface area contributed by atoms with Gasteiger partial charge in [0.05, 0.1) is 13.7 Å². The minimum atomic E-state index is -2.95. The summed E-state index contributed by atoms with van der Waals surface area (Å²) in [6.07, 6.45) is 0. The largest absolute Gasteiger partial charge is 0.493 e. The molecule has 2 aromatic rings. The van der Waals surface area contributed by atoms with Gasteiger partial charge in [-0.25, -0.2) is 0 Å².